The molecule has 59 heavy (non-hydrogen) atoms. The summed E-state index contributed by atoms with van der Waals surface area (Å²) < 4.78 is 95.7. The molecule has 2 aliphatic rings. The monoisotopic (exact) mass is 1020 g/mol. The first-order valence-electron chi connectivity index (χ1n) is 23.5. The predicted octanol–water partition coefficient (Wildman–Crippen LogP) is 11.3. The first kappa shape index (κ1) is 28.5. The second-order valence-electron chi connectivity index (χ2n) is 14.5. The first-order chi connectivity index (χ1) is 32.5. The minimum absolute atomic E-state index is 0. The summed E-state index contributed by atoms with van der Waals surface area (Å²) >= 11 is -0.0405. The third-order valence-electron chi connectivity index (χ3n) is 9.83. The number of pyridine rings is 2. The number of anilines is 7. The summed E-state index contributed by atoms with van der Waals surface area (Å²) in [5.74, 6) is 1.56. The molecule has 8 heteroatoms. The van der Waals surface area contributed by atoms with E-state index in [0.29, 0.717) is 28.6 Å². The number of benzene rings is 6. The quantitative estimate of drug-likeness (QED) is 0.117. The van der Waals surface area contributed by atoms with Crippen LogP contribution in [0.1, 0.15) is 40.0 Å². The van der Waals surface area contributed by atoms with Crippen molar-refractivity contribution in [1.29, 1.82) is 0 Å². The van der Waals surface area contributed by atoms with Crippen LogP contribution in [0.3, 0.4) is 0 Å². The third-order valence-corrected chi connectivity index (χ3v) is 12.2. The zero-order valence-corrected chi connectivity index (χ0v) is 35.8. The standard InChI is InChI=1S/C51H38N5OSe.Pt/c1-51(2,3)37-26-29-53-49(30-37)56-45-32-40(24-25-47(45)58-48-27-28-52-33-46(48)56)57-39-19-12-18-38(31-39)54-34-55(44-23-11-10-22-43(44)54)50-41(35-14-6-4-7-15-35)20-13-21-42(50)36-16-8-5-9-17-36;/h4-30,33-34H,1-3H3;/q-3;/i4D,5D,6D,7D,8D,9D,14D,15D,16D,17D;. The molecule has 0 N–H and O–H groups in total. The van der Waals surface area contributed by atoms with Gasteiger partial charge in [-0.05, 0) is 11.1 Å². The van der Waals surface area contributed by atoms with E-state index in [1.165, 1.54) is 4.46 Å². The Morgan fingerprint density at radius 2 is 1.36 bits per heavy atom. The molecule has 6 nitrogen and oxygen atoms in total. The molecule has 0 atom stereocenters. The molecule has 0 amide bonds. The van der Waals surface area contributed by atoms with E-state index in [-0.39, 0.29) is 69.4 Å². The number of rotatable bonds is 7. The zero-order chi connectivity index (χ0) is 47.9. The molecule has 0 bridgehead atoms. The number of hydrogen-bond acceptors (Lipinski definition) is 6. The van der Waals surface area contributed by atoms with Gasteiger partial charge in [0.05, 0.1) is 13.7 Å². The summed E-state index contributed by atoms with van der Waals surface area (Å²) in [5, 5.41) is 0. The maximum atomic E-state index is 9.00. The predicted molar refractivity (Wildman–Crippen MR) is 237 cm³/mol. The van der Waals surface area contributed by atoms with E-state index in [2.05, 4.69) is 54.9 Å². The Hall–Kier alpha value is -5.97. The van der Waals surface area contributed by atoms with Crippen LogP contribution >= 0.6 is 0 Å². The van der Waals surface area contributed by atoms with Crippen molar-refractivity contribution in [1.82, 2.24) is 9.97 Å². The minimum Gasteiger partial charge on any atom is -0.0616 e. The van der Waals surface area contributed by atoms with E-state index in [9.17, 15) is 0 Å². The third kappa shape index (κ3) is 7.36. The van der Waals surface area contributed by atoms with Crippen LogP contribution < -0.4 is 28.4 Å². The number of ether oxygens (including phenoxy) is 1. The van der Waals surface area contributed by atoms with Crippen molar-refractivity contribution >= 4 is 63.8 Å². The molecule has 6 aromatic carbocycles. The van der Waals surface area contributed by atoms with Crippen LogP contribution in [-0.4, -0.2) is 24.9 Å². The fourth-order valence-corrected chi connectivity index (χ4v) is 9.16. The summed E-state index contributed by atoms with van der Waals surface area (Å²) in [5.41, 5.74) is 4.89. The van der Waals surface area contributed by atoms with E-state index >= 15 is 0 Å². The van der Waals surface area contributed by atoms with Crippen molar-refractivity contribution < 1.29 is 39.5 Å². The molecule has 0 saturated carbocycles. The Balaban J connectivity index is 0.00000593. The van der Waals surface area contributed by atoms with Gasteiger partial charge < -0.3 is 0 Å². The van der Waals surface area contributed by atoms with Gasteiger partial charge in [-0.1, -0.05) is 84.7 Å². The van der Waals surface area contributed by atoms with Crippen molar-refractivity contribution in [3.8, 4) is 33.8 Å². The molecular formula is C51H38N5OPtSe-3. The Kier molecular flexibility index (Phi) is 7.71. The number of para-hydroxylation sites is 3. The number of hydrogen-bond donors (Lipinski definition) is 0. The van der Waals surface area contributed by atoms with E-state index < -0.39 is 60.4 Å². The molecule has 0 aliphatic carbocycles. The molecular weight excluding hydrogens is 973 g/mol. The Morgan fingerprint density at radius 3 is 2.07 bits per heavy atom. The van der Waals surface area contributed by atoms with Gasteiger partial charge in [0.15, 0.2) is 0 Å². The summed E-state index contributed by atoms with van der Waals surface area (Å²) in [6, 6.07) is 29.6. The van der Waals surface area contributed by atoms with Crippen LogP contribution in [0.2, 0.25) is 0 Å². The van der Waals surface area contributed by atoms with E-state index in [1.54, 1.807) is 42.0 Å². The summed E-state index contributed by atoms with van der Waals surface area (Å²) in [4.78, 5) is 15.0. The van der Waals surface area contributed by atoms with Gasteiger partial charge in [0.1, 0.15) is 0 Å². The molecule has 292 valence electrons. The molecule has 0 unspecified atom stereocenters. The smallest absolute Gasteiger partial charge is 0.0616 e. The topological polar surface area (TPSA) is 44.7 Å². The SMILES string of the molecule is [2H]c1c([2H])c([2H])c(-c2cccc(-c3c([2H])c([2H])c([2H])c([2H])c3[2H])c2N2[CH-]N(c3[c-]c(Oc4[c-]c5c(cc4)[Se]c4ccncc4N5c4cc(C(C)(C)C)ccn4)ccc3)c3ccccc32)c([2H])c1[2H].[Pt]. The van der Waals surface area contributed by atoms with Gasteiger partial charge in [-0.2, -0.15) is 0 Å². The van der Waals surface area contributed by atoms with Crippen LogP contribution in [0.4, 0.5) is 39.9 Å². The Bertz CT molecular complexity index is 3250. The minimum atomic E-state index is -0.564. The fraction of sp³-hybridized carbons (Fsp3) is 0.0784. The molecule has 0 spiro atoms. The molecule has 2 aliphatic heterocycles. The van der Waals surface area contributed by atoms with Gasteiger partial charge in [-0.15, -0.1) is 0 Å². The van der Waals surface area contributed by atoms with E-state index in [1.807, 2.05) is 71.9 Å². The number of fused-ring (bicyclic) bond motifs is 3. The van der Waals surface area contributed by atoms with Crippen LogP contribution in [0.15, 0.2) is 170 Å². The Morgan fingerprint density at radius 1 is 0.678 bits per heavy atom. The van der Waals surface area contributed by atoms with E-state index in [4.69, 9.17) is 23.4 Å². The molecule has 0 fully saturated rings. The van der Waals surface area contributed by atoms with Crippen molar-refractivity contribution in [2.75, 3.05) is 14.7 Å². The summed E-state index contributed by atoms with van der Waals surface area (Å²) in [7, 11) is 0. The van der Waals surface area contributed by atoms with E-state index in [0.717, 1.165) is 27.2 Å². The first-order valence-corrected chi connectivity index (χ1v) is 20.2. The molecule has 4 heterocycles. The molecule has 2 aromatic heterocycles. The second kappa shape index (κ2) is 16.0. The van der Waals surface area contributed by atoms with Gasteiger partial charge in [0.2, 0.25) is 0 Å². The average Bonchev–Trinajstić information content (AvgIpc) is 3.72. The van der Waals surface area contributed by atoms with Gasteiger partial charge in [0, 0.05) is 32.2 Å². The molecule has 10 rings (SSSR count). The second-order valence-corrected chi connectivity index (χ2v) is 16.8. The van der Waals surface area contributed by atoms with Gasteiger partial charge >= 0.3 is 241 Å². The zero-order valence-electron chi connectivity index (χ0n) is 41.8. The summed E-state index contributed by atoms with van der Waals surface area (Å²) in [6.07, 6.45) is 5.49. The normalized spacial score (nSPS) is 15.3. The molecule has 0 saturated heterocycles. The van der Waals surface area contributed by atoms with Gasteiger partial charge in [-0.3, -0.25) is 0 Å². The van der Waals surface area contributed by atoms with Crippen LogP contribution in [0.25, 0.3) is 22.3 Å². The number of aromatic nitrogens is 2. The maximum Gasteiger partial charge on any atom is 0.0629 e. The number of nitrogens with zero attached hydrogens (tertiary/aromatic N) is 5. The Labute approximate surface area is 380 Å². The maximum absolute atomic E-state index is 9.00. The summed E-state index contributed by atoms with van der Waals surface area (Å²) in [6.45, 7) is 8.24. The fourth-order valence-electron chi connectivity index (χ4n) is 7.08. The molecule has 8 aromatic rings. The average molecular weight is 1020 g/mol. The van der Waals surface area contributed by atoms with Crippen molar-refractivity contribution in [2.24, 2.45) is 0 Å². The largest absolute Gasteiger partial charge is 0.0629 e. The van der Waals surface area contributed by atoms with Crippen molar-refractivity contribution in [2.45, 2.75) is 26.2 Å². The van der Waals surface area contributed by atoms with Gasteiger partial charge in [-0.25, -0.2) is 0 Å². The van der Waals surface area contributed by atoms with Crippen LogP contribution in [0, 0.1) is 18.8 Å². The van der Waals surface area contributed by atoms with Crippen LogP contribution in [0.5, 0.6) is 11.5 Å². The van der Waals surface area contributed by atoms with Crippen molar-refractivity contribution in [3.63, 3.8) is 0 Å². The van der Waals surface area contributed by atoms with Crippen LogP contribution in [-0.2, 0) is 26.5 Å². The molecule has 0 radical (unpaired) electrons. The van der Waals surface area contributed by atoms with Crippen molar-refractivity contribution in [3.05, 3.63) is 194 Å². The van der Waals surface area contributed by atoms with Gasteiger partial charge in [0.25, 0.3) is 0 Å².